The summed E-state index contributed by atoms with van der Waals surface area (Å²) in [6.45, 7) is 1.86. The van der Waals surface area contributed by atoms with Crippen LogP contribution in [0.2, 0.25) is 0 Å². The average molecular weight is 248 g/mol. The minimum atomic E-state index is -0.0219. The summed E-state index contributed by atoms with van der Waals surface area (Å²) in [6, 6.07) is 9.92. The lowest BCUT2D eigenvalue weighted by Crippen LogP contribution is -2.33. The van der Waals surface area contributed by atoms with E-state index in [2.05, 4.69) is 5.32 Å². The van der Waals surface area contributed by atoms with Gasteiger partial charge in [-0.05, 0) is 18.4 Å². The van der Waals surface area contributed by atoms with Crippen molar-refractivity contribution in [2.24, 2.45) is 11.7 Å². The molecule has 1 aromatic carbocycles. The van der Waals surface area contributed by atoms with Crippen LogP contribution in [0, 0.1) is 5.92 Å². The molecule has 1 aromatic rings. The van der Waals surface area contributed by atoms with Gasteiger partial charge in [-0.2, -0.15) is 0 Å². The molecule has 4 heteroatoms. The van der Waals surface area contributed by atoms with Crippen LogP contribution in [0.1, 0.15) is 24.4 Å². The van der Waals surface area contributed by atoms with E-state index in [0.717, 1.165) is 18.4 Å². The molecular formula is C14H20N2O2. The largest absolute Gasteiger partial charge is 0.381 e. The molecule has 2 atom stereocenters. The van der Waals surface area contributed by atoms with E-state index in [1.54, 1.807) is 0 Å². The quantitative estimate of drug-likeness (QED) is 0.823. The number of carbonyl (C=O) groups excluding carboxylic acids is 1. The maximum absolute atomic E-state index is 11.7. The Morgan fingerprint density at radius 3 is 2.89 bits per heavy atom. The Kier molecular flexibility index (Phi) is 4.73. The fraction of sp³-hybridized carbons (Fsp3) is 0.500. The van der Waals surface area contributed by atoms with Gasteiger partial charge in [0.2, 0.25) is 5.91 Å². The number of amides is 1. The smallest absolute Gasteiger partial charge is 0.225 e. The third-order valence-corrected chi connectivity index (χ3v) is 3.28. The molecule has 1 aliphatic heterocycles. The first kappa shape index (κ1) is 13.1. The molecule has 1 amide bonds. The topological polar surface area (TPSA) is 64.3 Å². The number of rotatable bonds is 5. The number of benzene rings is 1. The van der Waals surface area contributed by atoms with Crippen molar-refractivity contribution < 1.29 is 9.53 Å². The number of nitrogens with two attached hydrogens (primary N) is 1. The van der Waals surface area contributed by atoms with E-state index in [1.165, 1.54) is 0 Å². The summed E-state index contributed by atoms with van der Waals surface area (Å²) >= 11 is 0. The predicted molar refractivity (Wildman–Crippen MR) is 69.9 cm³/mol. The molecule has 1 aliphatic rings. The number of carbonyl (C=O) groups is 1. The van der Waals surface area contributed by atoms with Gasteiger partial charge in [0, 0.05) is 19.2 Å². The Balaban J connectivity index is 1.70. The normalized spacial score (nSPS) is 20.6. The molecular weight excluding hydrogens is 228 g/mol. The standard InChI is InChI=1S/C14H20N2O2/c15-13(11-4-2-1-3-5-11)6-8-16-14(17)12-7-9-18-10-12/h1-5,12-13H,6-10,15H2,(H,16,17). The Morgan fingerprint density at radius 2 is 2.22 bits per heavy atom. The molecule has 1 fully saturated rings. The third kappa shape index (κ3) is 3.55. The van der Waals surface area contributed by atoms with Gasteiger partial charge in [0.15, 0.2) is 0 Å². The zero-order chi connectivity index (χ0) is 12.8. The van der Waals surface area contributed by atoms with Crippen LogP contribution >= 0.6 is 0 Å². The second-order valence-electron chi connectivity index (χ2n) is 4.66. The molecule has 1 heterocycles. The predicted octanol–water partition coefficient (Wildman–Crippen LogP) is 1.23. The van der Waals surface area contributed by atoms with Gasteiger partial charge in [-0.1, -0.05) is 30.3 Å². The lowest BCUT2D eigenvalue weighted by atomic mass is 10.0. The summed E-state index contributed by atoms with van der Waals surface area (Å²) in [7, 11) is 0. The molecule has 1 saturated heterocycles. The summed E-state index contributed by atoms with van der Waals surface area (Å²) in [5.74, 6) is 0.116. The van der Waals surface area contributed by atoms with Gasteiger partial charge in [0.1, 0.15) is 0 Å². The second-order valence-corrected chi connectivity index (χ2v) is 4.66. The monoisotopic (exact) mass is 248 g/mol. The number of nitrogens with one attached hydrogen (secondary N) is 1. The summed E-state index contributed by atoms with van der Waals surface area (Å²) in [6.07, 6.45) is 1.58. The van der Waals surface area contributed by atoms with Crippen molar-refractivity contribution in [3.8, 4) is 0 Å². The van der Waals surface area contributed by atoms with Crippen molar-refractivity contribution >= 4 is 5.91 Å². The average Bonchev–Trinajstić information content (AvgIpc) is 2.93. The van der Waals surface area contributed by atoms with E-state index < -0.39 is 0 Å². The SMILES string of the molecule is NC(CCNC(=O)C1CCOC1)c1ccccc1. The highest BCUT2D eigenvalue weighted by Crippen LogP contribution is 2.14. The molecule has 18 heavy (non-hydrogen) atoms. The highest BCUT2D eigenvalue weighted by atomic mass is 16.5. The van der Waals surface area contributed by atoms with Crippen LogP contribution in [0.25, 0.3) is 0 Å². The fourth-order valence-electron chi connectivity index (χ4n) is 2.10. The lowest BCUT2D eigenvalue weighted by molar-refractivity contribution is -0.124. The van der Waals surface area contributed by atoms with Crippen LogP contribution in [-0.4, -0.2) is 25.7 Å². The van der Waals surface area contributed by atoms with Gasteiger partial charge < -0.3 is 15.8 Å². The van der Waals surface area contributed by atoms with Crippen molar-refractivity contribution in [3.63, 3.8) is 0 Å². The van der Waals surface area contributed by atoms with Crippen molar-refractivity contribution in [1.82, 2.24) is 5.32 Å². The van der Waals surface area contributed by atoms with Crippen LogP contribution in [0.4, 0.5) is 0 Å². The molecule has 0 spiro atoms. The van der Waals surface area contributed by atoms with Crippen molar-refractivity contribution in [3.05, 3.63) is 35.9 Å². The highest BCUT2D eigenvalue weighted by molar-refractivity contribution is 5.78. The van der Waals surface area contributed by atoms with Gasteiger partial charge in [-0.3, -0.25) is 4.79 Å². The Morgan fingerprint density at radius 1 is 1.44 bits per heavy atom. The molecule has 0 saturated carbocycles. The van der Waals surface area contributed by atoms with Crippen LogP contribution in [0.3, 0.4) is 0 Å². The first-order valence-corrected chi connectivity index (χ1v) is 6.43. The van der Waals surface area contributed by atoms with Gasteiger partial charge in [-0.15, -0.1) is 0 Å². The summed E-state index contributed by atoms with van der Waals surface area (Å²) in [5, 5.41) is 2.93. The van der Waals surface area contributed by atoms with Crippen LogP contribution in [0.15, 0.2) is 30.3 Å². The minimum Gasteiger partial charge on any atom is -0.381 e. The van der Waals surface area contributed by atoms with E-state index >= 15 is 0 Å². The van der Waals surface area contributed by atoms with E-state index in [-0.39, 0.29) is 17.9 Å². The van der Waals surface area contributed by atoms with Crippen LogP contribution in [-0.2, 0) is 9.53 Å². The number of ether oxygens (including phenoxy) is 1. The number of hydrogen-bond acceptors (Lipinski definition) is 3. The lowest BCUT2D eigenvalue weighted by Gasteiger charge is -2.14. The highest BCUT2D eigenvalue weighted by Gasteiger charge is 2.22. The molecule has 0 bridgehead atoms. The summed E-state index contributed by atoms with van der Waals surface area (Å²) < 4.78 is 5.19. The molecule has 0 aliphatic carbocycles. The van der Waals surface area contributed by atoms with Gasteiger partial charge >= 0.3 is 0 Å². The second kappa shape index (κ2) is 6.52. The van der Waals surface area contributed by atoms with E-state index in [4.69, 9.17) is 10.5 Å². The molecule has 3 N–H and O–H groups in total. The van der Waals surface area contributed by atoms with Crippen molar-refractivity contribution in [2.45, 2.75) is 18.9 Å². The first-order chi connectivity index (χ1) is 8.77. The Bertz CT molecular complexity index is 375. The van der Waals surface area contributed by atoms with Gasteiger partial charge in [-0.25, -0.2) is 0 Å². The summed E-state index contributed by atoms with van der Waals surface area (Å²) in [5.41, 5.74) is 7.17. The summed E-state index contributed by atoms with van der Waals surface area (Å²) in [4.78, 5) is 11.7. The van der Waals surface area contributed by atoms with Crippen molar-refractivity contribution in [2.75, 3.05) is 19.8 Å². The van der Waals surface area contributed by atoms with E-state index in [1.807, 2.05) is 30.3 Å². The van der Waals surface area contributed by atoms with Crippen molar-refractivity contribution in [1.29, 1.82) is 0 Å². The van der Waals surface area contributed by atoms with E-state index in [9.17, 15) is 4.79 Å². The first-order valence-electron chi connectivity index (χ1n) is 6.43. The van der Waals surface area contributed by atoms with Crippen LogP contribution < -0.4 is 11.1 Å². The van der Waals surface area contributed by atoms with E-state index in [0.29, 0.717) is 19.8 Å². The third-order valence-electron chi connectivity index (χ3n) is 3.28. The zero-order valence-electron chi connectivity index (χ0n) is 10.5. The zero-order valence-corrected chi connectivity index (χ0v) is 10.5. The maximum atomic E-state index is 11.7. The molecule has 2 rings (SSSR count). The number of hydrogen-bond donors (Lipinski definition) is 2. The Labute approximate surface area is 108 Å². The van der Waals surface area contributed by atoms with Crippen LogP contribution in [0.5, 0.6) is 0 Å². The molecule has 0 radical (unpaired) electrons. The van der Waals surface area contributed by atoms with Gasteiger partial charge in [0.05, 0.1) is 12.5 Å². The Hall–Kier alpha value is -1.39. The maximum Gasteiger partial charge on any atom is 0.225 e. The minimum absolute atomic E-state index is 0.0219. The fourth-order valence-corrected chi connectivity index (χ4v) is 2.10. The molecule has 0 aromatic heterocycles. The molecule has 98 valence electrons. The molecule has 2 unspecified atom stereocenters. The van der Waals surface area contributed by atoms with Gasteiger partial charge in [0.25, 0.3) is 0 Å². The molecule has 4 nitrogen and oxygen atoms in total.